The highest BCUT2D eigenvalue weighted by Gasteiger charge is 2.43. The Hall–Kier alpha value is -1.33. The third kappa shape index (κ3) is 4.11. The van der Waals surface area contributed by atoms with Gasteiger partial charge in [0.05, 0.1) is 26.5 Å². The monoisotopic (exact) mass is 335 g/mol. The van der Waals surface area contributed by atoms with E-state index in [1.165, 1.54) is 17.1 Å². The van der Waals surface area contributed by atoms with Crippen LogP contribution in [0.4, 0.5) is 0 Å². The number of aliphatic carboxylic acids is 1. The smallest absolute Gasteiger partial charge is 0.164 e. The molecule has 0 radical (unpaired) electrons. The second-order valence-corrected chi connectivity index (χ2v) is 5.80. The summed E-state index contributed by atoms with van der Waals surface area (Å²) in [7, 11) is -5.23. The number of rotatable bonds is 6. The minimum atomic E-state index is -5.23. The standard InChI is InChI=1S/C10H15N2O9P/c13-7(14)1-5-2-12(4-11-5)10-9(16)8(15)6(21-10)3-20-22(17,18)19/h2,4,6,8-10,15-16H,1,3H2,(H,13,14)(H2,17,18,19)/p-3/t6-,8-,9-,10-/m1/s1. The predicted octanol–water partition coefficient (Wildman–Crippen LogP) is -4.36. The van der Waals surface area contributed by atoms with Gasteiger partial charge in [0.1, 0.15) is 18.3 Å². The first-order chi connectivity index (χ1) is 10.2. The zero-order valence-electron chi connectivity index (χ0n) is 11.0. The fourth-order valence-electron chi connectivity index (χ4n) is 2.04. The summed E-state index contributed by atoms with van der Waals surface area (Å²) in [6, 6.07) is 0. The molecule has 1 saturated heterocycles. The molecule has 4 atom stereocenters. The van der Waals surface area contributed by atoms with Gasteiger partial charge in [0.25, 0.3) is 0 Å². The molecule has 1 fully saturated rings. The highest BCUT2D eigenvalue weighted by atomic mass is 31.2. The molecule has 12 heteroatoms. The summed E-state index contributed by atoms with van der Waals surface area (Å²) >= 11 is 0. The van der Waals surface area contributed by atoms with E-state index in [0.29, 0.717) is 0 Å². The van der Waals surface area contributed by atoms with Gasteiger partial charge in [0.15, 0.2) is 6.23 Å². The van der Waals surface area contributed by atoms with Crippen molar-refractivity contribution in [1.29, 1.82) is 0 Å². The van der Waals surface area contributed by atoms with Crippen LogP contribution >= 0.6 is 7.82 Å². The number of imidazole rings is 1. The zero-order chi connectivity index (χ0) is 16.5. The molecule has 2 rings (SSSR count). The Balaban J connectivity index is 2.04. The van der Waals surface area contributed by atoms with Gasteiger partial charge in [-0.1, -0.05) is 0 Å². The highest BCUT2D eigenvalue weighted by Crippen LogP contribution is 2.32. The second-order valence-electron chi connectivity index (χ2n) is 4.65. The maximum Gasteiger partial charge on any atom is 0.164 e. The maximum absolute atomic E-state index is 10.5. The number of phosphoric acid groups is 1. The minimum absolute atomic E-state index is 0.147. The zero-order valence-corrected chi connectivity index (χ0v) is 11.9. The van der Waals surface area contributed by atoms with Gasteiger partial charge >= 0.3 is 0 Å². The van der Waals surface area contributed by atoms with Gasteiger partial charge in [0, 0.05) is 18.6 Å². The molecule has 0 saturated carbocycles. The molecule has 0 aromatic carbocycles. The van der Waals surface area contributed by atoms with Crippen LogP contribution in [0.2, 0.25) is 0 Å². The predicted molar refractivity (Wildman–Crippen MR) is 60.4 cm³/mol. The Morgan fingerprint density at radius 2 is 2.14 bits per heavy atom. The lowest BCUT2D eigenvalue weighted by molar-refractivity contribution is -0.343. The van der Waals surface area contributed by atoms with Crippen LogP contribution in [0.5, 0.6) is 0 Å². The lowest BCUT2D eigenvalue weighted by atomic mass is 10.1. The van der Waals surface area contributed by atoms with E-state index in [-0.39, 0.29) is 5.69 Å². The molecule has 1 aliphatic heterocycles. The lowest BCUT2D eigenvalue weighted by Crippen LogP contribution is -2.34. The van der Waals surface area contributed by atoms with Crippen molar-refractivity contribution in [3.8, 4) is 0 Å². The van der Waals surface area contributed by atoms with Crippen molar-refractivity contribution in [2.24, 2.45) is 0 Å². The van der Waals surface area contributed by atoms with Crippen molar-refractivity contribution in [3.05, 3.63) is 18.2 Å². The fraction of sp³-hybridized carbons (Fsp3) is 0.600. The summed E-state index contributed by atoms with van der Waals surface area (Å²) in [6.07, 6.45) is -3.33. The molecular weight excluding hydrogens is 323 g/mol. The molecular formula is C10H12N2O9P-3. The van der Waals surface area contributed by atoms with Crippen LogP contribution in [0.25, 0.3) is 0 Å². The maximum atomic E-state index is 10.5. The molecule has 1 aliphatic rings. The first-order valence-electron chi connectivity index (χ1n) is 6.08. The van der Waals surface area contributed by atoms with E-state index in [4.69, 9.17) is 4.74 Å². The summed E-state index contributed by atoms with van der Waals surface area (Å²) < 4.78 is 20.8. The summed E-state index contributed by atoms with van der Waals surface area (Å²) in [6.45, 7) is -0.750. The number of hydrogen-bond donors (Lipinski definition) is 2. The molecule has 22 heavy (non-hydrogen) atoms. The summed E-state index contributed by atoms with van der Waals surface area (Å²) in [5.74, 6) is -1.34. The third-order valence-electron chi connectivity index (χ3n) is 3.01. The number of carbonyl (C=O) groups is 1. The van der Waals surface area contributed by atoms with Gasteiger partial charge in [-0.05, 0) is 0 Å². The molecule has 0 unspecified atom stereocenters. The largest absolute Gasteiger partial charge is 0.790 e. The molecule has 0 amide bonds. The summed E-state index contributed by atoms with van der Waals surface area (Å²) in [5.41, 5.74) is 0.147. The minimum Gasteiger partial charge on any atom is -0.790 e. The normalized spacial score (nSPS) is 28.9. The van der Waals surface area contributed by atoms with Crippen LogP contribution in [0.3, 0.4) is 0 Å². The van der Waals surface area contributed by atoms with Crippen LogP contribution in [-0.4, -0.2) is 50.7 Å². The first kappa shape index (κ1) is 17.0. The molecule has 1 aromatic heterocycles. The molecule has 124 valence electrons. The van der Waals surface area contributed by atoms with Crippen molar-refractivity contribution in [2.75, 3.05) is 6.61 Å². The van der Waals surface area contributed by atoms with Crippen molar-refractivity contribution in [2.45, 2.75) is 31.0 Å². The van der Waals surface area contributed by atoms with Crippen LogP contribution in [0, 0.1) is 0 Å². The number of ether oxygens (including phenoxy) is 1. The number of aliphatic hydroxyl groups excluding tert-OH is 2. The van der Waals surface area contributed by atoms with Crippen molar-refractivity contribution >= 4 is 13.8 Å². The van der Waals surface area contributed by atoms with E-state index >= 15 is 0 Å². The molecule has 0 bridgehead atoms. The van der Waals surface area contributed by atoms with Gasteiger partial charge in [-0.15, -0.1) is 0 Å². The fourth-order valence-corrected chi connectivity index (χ4v) is 2.37. The van der Waals surface area contributed by atoms with Crippen LogP contribution in [0.1, 0.15) is 11.9 Å². The summed E-state index contributed by atoms with van der Waals surface area (Å²) in [5, 5.41) is 30.1. The highest BCUT2D eigenvalue weighted by molar-refractivity contribution is 7.43. The Morgan fingerprint density at radius 1 is 1.45 bits per heavy atom. The Kier molecular flexibility index (Phi) is 4.97. The van der Waals surface area contributed by atoms with E-state index in [1.807, 2.05) is 0 Å². The molecule has 1 aromatic rings. The number of phosphoric ester groups is 1. The van der Waals surface area contributed by atoms with Crippen molar-refractivity contribution < 1.29 is 43.7 Å². The van der Waals surface area contributed by atoms with Gasteiger partial charge in [-0.3, -0.25) is 0 Å². The van der Waals surface area contributed by atoms with Gasteiger partial charge < -0.3 is 48.3 Å². The summed E-state index contributed by atoms with van der Waals surface area (Å²) in [4.78, 5) is 35.0. The molecule has 11 nitrogen and oxygen atoms in total. The average molecular weight is 335 g/mol. The Bertz CT molecular complexity index is 585. The quantitative estimate of drug-likeness (QED) is 0.482. The van der Waals surface area contributed by atoms with E-state index in [2.05, 4.69) is 9.51 Å². The Morgan fingerprint density at radius 3 is 2.73 bits per heavy atom. The van der Waals surface area contributed by atoms with Gasteiger partial charge in [-0.2, -0.15) is 0 Å². The number of carboxylic acids is 1. The molecule has 0 aliphatic carbocycles. The third-order valence-corrected chi connectivity index (χ3v) is 3.47. The van der Waals surface area contributed by atoms with E-state index in [0.717, 1.165) is 0 Å². The number of aliphatic hydroxyl groups is 2. The van der Waals surface area contributed by atoms with Crippen LogP contribution in [0.15, 0.2) is 12.5 Å². The topological polar surface area (TPSA) is 180 Å². The lowest BCUT2D eigenvalue weighted by Gasteiger charge is -2.30. The second kappa shape index (κ2) is 6.42. The number of hydrogen-bond acceptors (Lipinski definition) is 10. The van der Waals surface area contributed by atoms with Crippen LogP contribution in [-0.2, 0) is 25.0 Å². The number of carboxylic acid groups (broad SMARTS) is 1. The Labute approximate surface area is 124 Å². The molecule has 0 spiro atoms. The van der Waals surface area contributed by atoms with Crippen molar-refractivity contribution in [1.82, 2.24) is 9.55 Å². The number of nitrogens with zero attached hydrogens (tertiary/aromatic N) is 2. The number of carbonyl (C=O) groups excluding carboxylic acids is 1. The van der Waals surface area contributed by atoms with Crippen LogP contribution < -0.4 is 14.9 Å². The molecule has 2 heterocycles. The van der Waals surface area contributed by atoms with Gasteiger partial charge in [0.2, 0.25) is 0 Å². The first-order valence-corrected chi connectivity index (χ1v) is 7.54. The van der Waals surface area contributed by atoms with Crippen molar-refractivity contribution in [3.63, 3.8) is 0 Å². The average Bonchev–Trinajstić information content (AvgIpc) is 2.93. The SMILES string of the molecule is O=C([O-])Cc1cn([C@@H]2O[C@H](COP(=O)([O-])[O-])[C@@H](O)[C@H]2O)cn1. The van der Waals surface area contributed by atoms with E-state index in [1.54, 1.807) is 0 Å². The molecule has 2 N–H and O–H groups in total. The van der Waals surface area contributed by atoms with E-state index < -0.39 is 51.4 Å². The van der Waals surface area contributed by atoms with Gasteiger partial charge in [-0.25, -0.2) is 4.98 Å². The number of aromatic nitrogens is 2. The van der Waals surface area contributed by atoms with E-state index in [9.17, 15) is 34.5 Å².